The van der Waals surface area contributed by atoms with E-state index in [-0.39, 0.29) is 6.61 Å². The van der Waals surface area contributed by atoms with Crippen molar-refractivity contribution in [2.45, 2.75) is 0 Å². The van der Waals surface area contributed by atoms with Gasteiger partial charge in [0.2, 0.25) is 5.95 Å². The number of aromatic nitrogens is 2. The minimum Gasteiger partial charge on any atom is -0.395 e. The number of aliphatic hydroxyl groups excluding tert-OH is 1. The highest BCUT2D eigenvalue weighted by Gasteiger charge is 2.09. The highest BCUT2D eigenvalue weighted by atomic mass is 35.5. The van der Waals surface area contributed by atoms with Crippen LogP contribution in [0, 0.1) is 0 Å². The van der Waals surface area contributed by atoms with Crippen molar-refractivity contribution in [2.75, 3.05) is 23.8 Å². The maximum Gasteiger partial charge on any atom is 0.225 e. The predicted octanol–water partition coefficient (Wildman–Crippen LogP) is 4.60. The van der Waals surface area contributed by atoms with E-state index in [1.54, 1.807) is 18.2 Å². The van der Waals surface area contributed by atoms with Crippen molar-refractivity contribution in [1.29, 1.82) is 0 Å². The number of nitrogens with one attached hydrogen (secondary N) is 2. The SMILES string of the molecule is OCCNc1nc(Nc2ccc(Cl)cc2Cl)cc(-c2ccccc2)n1. The second kappa shape index (κ2) is 8.16. The Balaban J connectivity index is 1.96. The maximum absolute atomic E-state index is 9.02. The first-order chi connectivity index (χ1) is 12.2. The molecular weight excluding hydrogens is 359 g/mol. The smallest absolute Gasteiger partial charge is 0.225 e. The van der Waals surface area contributed by atoms with Crippen molar-refractivity contribution in [1.82, 2.24) is 9.97 Å². The molecule has 128 valence electrons. The molecule has 3 N–H and O–H groups in total. The van der Waals surface area contributed by atoms with Crippen LogP contribution in [0.25, 0.3) is 11.3 Å². The average Bonchev–Trinajstić information content (AvgIpc) is 2.63. The Morgan fingerprint density at radius 2 is 1.76 bits per heavy atom. The lowest BCUT2D eigenvalue weighted by Gasteiger charge is -2.12. The van der Waals surface area contributed by atoms with Gasteiger partial charge in [-0.3, -0.25) is 0 Å². The fraction of sp³-hybridized carbons (Fsp3) is 0.111. The van der Waals surface area contributed by atoms with E-state index >= 15 is 0 Å². The highest BCUT2D eigenvalue weighted by Crippen LogP contribution is 2.29. The number of hydrogen-bond acceptors (Lipinski definition) is 5. The number of hydrogen-bond donors (Lipinski definition) is 3. The van der Waals surface area contributed by atoms with Crippen LogP contribution in [0.3, 0.4) is 0 Å². The van der Waals surface area contributed by atoms with Gasteiger partial charge in [-0.2, -0.15) is 4.98 Å². The van der Waals surface area contributed by atoms with Crippen molar-refractivity contribution in [3.63, 3.8) is 0 Å². The van der Waals surface area contributed by atoms with E-state index in [4.69, 9.17) is 28.3 Å². The lowest BCUT2D eigenvalue weighted by atomic mass is 10.1. The Bertz CT molecular complexity index is 859. The molecule has 7 heteroatoms. The zero-order valence-electron chi connectivity index (χ0n) is 13.2. The minimum atomic E-state index is -0.00923. The third-order valence-electron chi connectivity index (χ3n) is 3.38. The molecule has 0 spiro atoms. The van der Waals surface area contributed by atoms with Gasteiger partial charge in [-0.05, 0) is 18.2 Å². The summed E-state index contributed by atoms with van der Waals surface area (Å²) in [6, 6.07) is 16.8. The molecule has 0 amide bonds. The topological polar surface area (TPSA) is 70.1 Å². The quantitative estimate of drug-likeness (QED) is 0.588. The fourth-order valence-corrected chi connectivity index (χ4v) is 2.70. The molecule has 0 fully saturated rings. The van der Waals surface area contributed by atoms with Crippen molar-refractivity contribution in [3.8, 4) is 11.3 Å². The van der Waals surface area contributed by atoms with Gasteiger partial charge in [0.25, 0.3) is 0 Å². The van der Waals surface area contributed by atoms with E-state index in [9.17, 15) is 0 Å². The van der Waals surface area contributed by atoms with Gasteiger partial charge in [0.1, 0.15) is 5.82 Å². The second-order valence-corrected chi connectivity index (χ2v) is 6.07. The fourth-order valence-electron chi connectivity index (χ4n) is 2.24. The molecule has 0 aliphatic heterocycles. The summed E-state index contributed by atoms with van der Waals surface area (Å²) in [7, 11) is 0. The van der Waals surface area contributed by atoms with Crippen LogP contribution in [0.15, 0.2) is 54.6 Å². The third-order valence-corrected chi connectivity index (χ3v) is 3.93. The standard InChI is InChI=1S/C18H16Cl2N4O/c19-13-6-7-15(14(20)10-13)22-17-11-16(12-4-2-1-3-5-12)23-18(24-17)21-8-9-25/h1-7,10-11,25H,8-9H2,(H2,21,22,23,24). The van der Waals surface area contributed by atoms with E-state index in [1.165, 1.54) is 0 Å². The summed E-state index contributed by atoms with van der Waals surface area (Å²) in [6.07, 6.45) is 0. The molecule has 2 aromatic carbocycles. The summed E-state index contributed by atoms with van der Waals surface area (Å²) in [5, 5.41) is 16.2. The Labute approximate surface area is 155 Å². The summed E-state index contributed by atoms with van der Waals surface area (Å²) >= 11 is 12.2. The summed E-state index contributed by atoms with van der Waals surface area (Å²) in [5.74, 6) is 1.00. The summed E-state index contributed by atoms with van der Waals surface area (Å²) in [6.45, 7) is 0.351. The first kappa shape index (κ1) is 17.5. The van der Waals surface area contributed by atoms with Crippen LogP contribution < -0.4 is 10.6 Å². The molecule has 1 heterocycles. The zero-order chi connectivity index (χ0) is 17.6. The van der Waals surface area contributed by atoms with Gasteiger partial charge in [0.15, 0.2) is 0 Å². The molecule has 3 rings (SSSR count). The number of anilines is 3. The lowest BCUT2D eigenvalue weighted by molar-refractivity contribution is 0.311. The molecule has 0 saturated heterocycles. The number of benzene rings is 2. The monoisotopic (exact) mass is 374 g/mol. The molecule has 0 aliphatic rings. The first-order valence-corrected chi connectivity index (χ1v) is 8.42. The van der Waals surface area contributed by atoms with Gasteiger partial charge in [-0.25, -0.2) is 4.98 Å². The molecule has 0 aliphatic carbocycles. The molecule has 5 nitrogen and oxygen atoms in total. The normalized spacial score (nSPS) is 10.5. The molecule has 0 saturated carbocycles. The summed E-state index contributed by atoms with van der Waals surface area (Å²) in [4.78, 5) is 8.91. The van der Waals surface area contributed by atoms with Gasteiger partial charge in [-0.15, -0.1) is 0 Å². The Kier molecular flexibility index (Phi) is 5.71. The molecule has 1 aromatic heterocycles. The lowest BCUT2D eigenvalue weighted by Crippen LogP contribution is -2.10. The minimum absolute atomic E-state index is 0.00923. The van der Waals surface area contributed by atoms with Crippen LogP contribution in [0.4, 0.5) is 17.5 Å². The van der Waals surface area contributed by atoms with E-state index in [2.05, 4.69) is 20.6 Å². The van der Waals surface area contributed by atoms with Crippen LogP contribution in [0.5, 0.6) is 0 Å². The zero-order valence-corrected chi connectivity index (χ0v) is 14.7. The summed E-state index contributed by atoms with van der Waals surface area (Å²) < 4.78 is 0. The second-order valence-electron chi connectivity index (χ2n) is 5.23. The number of halogens is 2. The predicted molar refractivity (Wildman–Crippen MR) is 103 cm³/mol. The third kappa shape index (κ3) is 4.60. The van der Waals surface area contributed by atoms with Crippen LogP contribution in [-0.2, 0) is 0 Å². The van der Waals surface area contributed by atoms with Crippen LogP contribution in [-0.4, -0.2) is 28.2 Å². The highest BCUT2D eigenvalue weighted by molar-refractivity contribution is 6.36. The molecule has 25 heavy (non-hydrogen) atoms. The van der Waals surface area contributed by atoms with E-state index in [0.717, 1.165) is 11.3 Å². The molecule has 0 atom stereocenters. The molecule has 0 unspecified atom stereocenters. The Hall–Kier alpha value is -2.34. The largest absolute Gasteiger partial charge is 0.395 e. The van der Waals surface area contributed by atoms with Crippen molar-refractivity contribution in [3.05, 3.63) is 64.6 Å². The van der Waals surface area contributed by atoms with E-state index < -0.39 is 0 Å². The van der Waals surface area contributed by atoms with Gasteiger partial charge in [-0.1, -0.05) is 53.5 Å². The summed E-state index contributed by atoms with van der Waals surface area (Å²) in [5.41, 5.74) is 2.41. The van der Waals surface area contributed by atoms with E-state index in [1.807, 2.05) is 36.4 Å². The Morgan fingerprint density at radius 1 is 0.960 bits per heavy atom. The van der Waals surface area contributed by atoms with Gasteiger partial charge < -0.3 is 15.7 Å². The number of nitrogens with zero attached hydrogens (tertiary/aromatic N) is 2. The van der Waals surface area contributed by atoms with Crippen LogP contribution in [0.1, 0.15) is 0 Å². The average molecular weight is 375 g/mol. The van der Waals surface area contributed by atoms with Gasteiger partial charge in [0, 0.05) is 23.2 Å². The van der Waals surface area contributed by atoms with Crippen molar-refractivity contribution in [2.24, 2.45) is 0 Å². The van der Waals surface area contributed by atoms with Crippen LogP contribution >= 0.6 is 23.2 Å². The van der Waals surface area contributed by atoms with Gasteiger partial charge >= 0.3 is 0 Å². The van der Waals surface area contributed by atoms with E-state index in [0.29, 0.717) is 34.0 Å². The molecular formula is C18H16Cl2N4O. The van der Waals surface area contributed by atoms with Crippen molar-refractivity contribution >= 4 is 40.7 Å². The first-order valence-electron chi connectivity index (χ1n) is 7.67. The Morgan fingerprint density at radius 3 is 2.48 bits per heavy atom. The molecule has 0 bridgehead atoms. The molecule has 3 aromatic rings. The van der Waals surface area contributed by atoms with Crippen molar-refractivity contribution < 1.29 is 5.11 Å². The maximum atomic E-state index is 9.02. The number of rotatable bonds is 6. The molecule has 0 radical (unpaired) electrons. The number of aliphatic hydroxyl groups is 1. The van der Waals surface area contributed by atoms with Crippen LogP contribution in [0.2, 0.25) is 10.0 Å². The van der Waals surface area contributed by atoms with Gasteiger partial charge in [0.05, 0.1) is 23.0 Å².